The predicted molar refractivity (Wildman–Crippen MR) is 76.1 cm³/mol. The Morgan fingerprint density at radius 3 is 2.78 bits per heavy atom. The topological polar surface area (TPSA) is 76.3 Å². The Kier molecular flexibility index (Phi) is 5.43. The Morgan fingerprint density at radius 1 is 1.56 bits per heavy atom. The zero-order valence-electron chi connectivity index (χ0n) is 10.8. The molecule has 1 aromatic heterocycles. The van der Waals surface area contributed by atoms with Gasteiger partial charge in [0.2, 0.25) is 10.0 Å². The molecule has 0 bridgehead atoms. The number of hydrogen-bond donors (Lipinski definition) is 1. The smallest absolute Gasteiger partial charge is 0.246 e. The second-order valence-electron chi connectivity index (χ2n) is 4.04. The molecule has 0 fully saturated rings. The first-order valence-corrected chi connectivity index (χ1v) is 8.42. The van der Waals surface area contributed by atoms with E-state index in [2.05, 4.69) is 4.98 Å². The van der Waals surface area contributed by atoms with E-state index < -0.39 is 10.0 Å². The molecular weight excluding hydrogens is 270 g/mol. The summed E-state index contributed by atoms with van der Waals surface area (Å²) in [7, 11) is -1.99. The number of nitrogens with two attached hydrogens (primary N) is 1. The van der Waals surface area contributed by atoms with Crippen LogP contribution in [-0.4, -0.2) is 42.8 Å². The fraction of sp³-hybridized carbons (Fsp3) is 0.545. The van der Waals surface area contributed by atoms with E-state index >= 15 is 0 Å². The van der Waals surface area contributed by atoms with E-state index in [1.165, 1.54) is 16.6 Å². The number of thioether (sulfide) groups is 1. The van der Waals surface area contributed by atoms with Gasteiger partial charge in [-0.2, -0.15) is 16.1 Å². The maximum absolute atomic E-state index is 12.4. The van der Waals surface area contributed by atoms with Crippen LogP contribution in [0.1, 0.15) is 13.3 Å². The highest BCUT2D eigenvalue weighted by Gasteiger charge is 2.27. The third-order valence-electron chi connectivity index (χ3n) is 2.82. The van der Waals surface area contributed by atoms with Crippen molar-refractivity contribution in [2.24, 2.45) is 0 Å². The molecule has 1 heterocycles. The summed E-state index contributed by atoms with van der Waals surface area (Å²) in [4.78, 5) is 3.89. The van der Waals surface area contributed by atoms with Gasteiger partial charge in [-0.05, 0) is 37.5 Å². The van der Waals surface area contributed by atoms with E-state index in [0.29, 0.717) is 0 Å². The molecule has 1 aromatic rings. The van der Waals surface area contributed by atoms with Gasteiger partial charge in [-0.1, -0.05) is 0 Å². The van der Waals surface area contributed by atoms with Gasteiger partial charge in [0, 0.05) is 19.3 Å². The summed E-state index contributed by atoms with van der Waals surface area (Å²) >= 11 is 1.70. The molecule has 0 saturated heterocycles. The molecule has 0 radical (unpaired) electrons. The van der Waals surface area contributed by atoms with E-state index in [1.54, 1.807) is 24.9 Å². The molecule has 0 aliphatic rings. The molecular formula is C11H19N3O2S2. The lowest BCUT2D eigenvalue weighted by Crippen LogP contribution is -2.35. The van der Waals surface area contributed by atoms with Crippen molar-refractivity contribution in [2.45, 2.75) is 24.3 Å². The highest BCUT2D eigenvalue weighted by molar-refractivity contribution is 7.98. The average molecular weight is 289 g/mol. The SMILES string of the molecule is CSCCC(C)N(C)S(=O)(=O)c1cccnc1N. The first-order chi connectivity index (χ1) is 8.41. The van der Waals surface area contributed by atoms with Crippen molar-refractivity contribution < 1.29 is 8.42 Å². The third-order valence-corrected chi connectivity index (χ3v) is 5.48. The summed E-state index contributed by atoms with van der Waals surface area (Å²) in [5, 5.41) is 0. The molecule has 0 aliphatic heterocycles. The van der Waals surface area contributed by atoms with Crippen LogP contribution in [0.4, 0.5) is 5.82 Å². The fourth-order valence-electron chi connectivity index (χ4n) is 1.48. The minimum atomic E-state index is -3.56. The van der Waals surface area contributed by atoms with Crippen molar-refractivity contribution in [1.82, 2.24) is 9.29 Å². The summed E-state index contributed by atoms with van der Waals surface area (Å²) in [5.41, 5.74) is 5.62. The normalized spacial score (nSPS) is 13.8. The highest BCUT2D eigenvalue weighted by atomic mass is 32.2. The van der Waals surface area contributed by atoms with E-state index in [1.807, 2.05) is 13.2 Å². The average Bonchev–Trinajstić information content (AvgIpc) is 2.35. The summed E-state index contributed by atoms with van der Waals surface area (Å²) < 4.78 is 26.1. The molecule has 18 heavy (non-hydrogen) atoms. The van der Waals surface area contributed by atoms with Crippen LogP contribution in [-0.2, 0) is 10.0 Å². The Balaban J connectivity index is 2.97. The number of anilines is 1. The summed E-state index contributed by atoms with van der Waals surface area (Å²) in [6.45, 7) is 1.89. The van der Waals surface area contributed by atoms with Gasteiger partial charge in [-0.15, -0.1) is 0 Å². The molecule has 7 heteroatoms. The van der Waals surface area contributed by atoms with E-state index in [0.717, 1.165) is 12.2 Å². The predicted octanol–water partition coefficient (Wildman–Crippen LogP) is 1.43. The van der Waals surface area contributed by atoms with Crippen molar-refractivity contribution in [2.75, 3.05) is 24.8 Å². The molecule has 102 valence electrons. The number of aromatic nitrogens is 1. The van der Waals surface area contributed by atoms with Crippen molar-refractivity contribution in [3.63, 3.8) is 0 Å². The Hall–Kier alpha value is -0.790. The number of nitrogen functional groups attached to an aromatic ring is 1. The van der Waals surface area contributed by atoms with Crippen LogP contribution in [0.15, 0.2) is 23.2 Å². The standard InChI is InChI=1S/C11H19N3O2S2/c1-9(6-8-17-3)14(2)18(15,16)10-5-4-7-13-11(10)12/h4-5,7,9H,6,8H2,1-3H3,(H2,12,13). The van der Waals surface area contributed by atoms with Gasteiger partial charge in [-0.3, -0.25) is 0 Å². The lowest BCUT2D eigenvalue weighted by atomic mass is 10.3. The van der Waals surface area contributed by atoms with Crippen molar-refractivity contribution >= 4 is 27.6 Å². The molecule has 0 aliphatic carbocycles. The molecule has 1 rings (SSSR count). The van der Waals surface area contributed by atoms with Gasteiger partial charge < -0.3 is 5.73 Å². The molecule has 0 saturated carbocycles. The van der Waals surface area contributed by atoms with Gasteiger partial charge in [0.1, 0.15) is 10.7 Å². The molecule has 0 spiro atoms. The summed E-state index contributed by atoms with van der Waals surface area (Å²) in [6.07, 6.45) is 4.28. The van der Waals surface area contributed by atoms with Crippen LogP contribution in [0.5, 0.6) is 0 Å². The Labute approximate surface area is 113 Å². The number of nitrogens with zero attached hydrogens (tertiary/aromatic N) is 2. The van der Waals surface area contributed by atoms with Crippen LogP contribution >= 0.6 is 11.8 Å². The molecule has 0 amide bonds. The first kappa shape index (κ1) is 15.3. The van der Waals surface area contributed by atoms with E-state index in [4.69, 9.17) is 5.73 Å². The number of pyridine rings is 1. The van der Waals surface area contributed by atoms with Crippen LogP contribution in [0, 0.1) is 0 Å². The molecule has 1 atom stereocenters. The fourth-order valence-corrected chi connectivity index (χ4v) is 3.52. The van der Waals surface area contributed by atoms with Crippen LogP contribution in [0.3, 0.4) is 0 Å². The minimum absolute atomic E-state index is 0.0430. The maximum Gasteiger partial charge on any atom is 0.246 e. The van der Waals surface area contributed by atoms with Gasteiger partial charge >= 0.3 is 0 Å². The minimum Gasteiger partial charge on any atom is -0.383 e. The Morgan fingerprint density at radius 2 is 2.22 bits per heavy atom. The second-order valence-corrected chi connectivity index (χ2v) is 6.99. The third kappa shape index (κ3) is 3.37. The zero-order chi connectivity index (χ0) is 13.8. The molecule has 5 nitrogen and oxygen atoms in total. The number of hydrogen-bond acceptors (Lipinski definition) is 5. The lowest BCUT2D eigenvalue weighted by Gasteiger charge is -2.24. The highest BCUT2D eigenvalue weighted by Crippen LogP contribution is 2.21. The molecule has 0 aromatic carbocycles. The van der Waals surface area contributed by atoms with E-state index in [-0.39, 0.29) is 16.8 Å². The monoisotopic (exact) mass is 289 g/mol. The van der Waals surface area contributed by atoms with Crippen molar-refractivity contribution in [3.05, 3.63) is 18.3 Å². The van der Waals surface area contributed by atoms with Crippen LogP contribution < -0.4 is 5.73 Å². The maximum atomic E-state index is 12.4. The molecule has 1 unspecified atom stereocenters. The lowest BCUT2D eigenvalue weighted by molar-refractivity contribution is 0.382. The summed E-state index contributed by atoms with van der Waals surface area (Å²) in [5.74, 6) is 0.963. The Bertz CT molecular complexity index is 491. The van der Waals surface area contributed by atoms with Gasteiger partial charge in [0.05, 0.1) is 0 Å². The van der Waals surface area contributed by atoms with Crippen LogP contribution in [0.2, 0.25) is 0 Å². The van der Waals surface area contributed by atoms with Gasteiger partial charge in [0.25, 0.3) is 0 Å². The number of rotatable bonds is 6. The second kappa shape index (κ2) is 6.40. The largest absolute Gasteiger partial charge is 0.383 e. The van der Waals surface area contributed by atoms with Gasteiger partial charge in [-0.25, -0.2) is 13.4 Å². The van der Waals surface area contributed by atoms with Crippen LogP contribution in [0.25, 0.3) is 0 Å². The zero-order valence-corrected chi connectivity index (χ0v) is 12.5. The quantitative estimate of drug-likeness (QED) is 0.857. The van der Waals surface area contributed by atoms with Crippen molar-refractivity contribution in [1.29, 1.82) is 0 Å². The van der Waals surface area contributed by atoms with Gasteiger partial charge in [0.15, 0.2) is 0 Å². The van der Waals surface area contributed by atoms with Crippen molar-refractivity contribution in [3.8, 4) is 0 Å². The number of sulfonamides is 1. The van der Waals surface area contributed by atoms with E-state index in [9.17, 15) is 8.42 Å². The summed E-state index contributed by atoms with van der Waals surface area (Å²) in [6, 6.07) is 2.99. The first-order valence-electron chi connectivity index (χ1n) is 5.58. The molecule has 2 N–H and O–H groups in total.